The van der Waals surface area contributed by atoms with Crippen LogP contribution in [0.5, 0.6) is 0 Å². The van der Waals surface area contributed by atoms with E-state index in [1.54, 1.807) is 17.0 Å². The molecule has 0 aromatic heterocycles. The van der Waals surface area contributed by atoms with Crippen molar-refractivity contribution in [3.63, 3.8) is 0 Å². The van der Waals surface area contributed by atoms with Crippen LogP contribution in [0.15, 0.2) is 29.3 Å². The van der Waals surface area contributed by atoms with E-state index >= 15 is 0 Å². The van der Waals surface area contributed by atoms with E-state index in [4.69, 9.17) is 5.11 Å². The van der Waals surface area contributed by atoms with Crippen LogP contribution in [0, 0.1) is 0 Å². The molecule has 1 aliphatic rings. The molecule has 0 radical (unpaired) electrons. The molecule has 1 atom stereocenters. The molecule has 1 fully saturated rings. The number of carbonyl (C=O) groups excluding carboxylic acids is 2. The van der Waals surface area contributed by atoms with Crippen LogP contribution in [0.3, 0.4) is 0 Å². The molecule has 0 bridgehead atoms. The molecule has 8 heteroatoms. The smallest absolute Gasteiger partial charge is 0.335 e. The zero-order valence-corrected chi connectivity index (χ0v) is 14.3. The molecule has 7 nitrogen and oxygen atoms in total. The first kappa shape index (κ1) is 18.0. The molecule has 128 valence electrons. The van der Waals surface area contributed by atoms with Gasteiger partial charge in [-0.25, -0.2) is 4.79 Å². The molecular formula is C16H19N3O4S. The molecule has 1 aliphatic heterocycles. The average molecular weight is 349 g/mol. The van der Waals surface area contributed by atoms with Crippen molar-refractivity contribution >= 4 is 40.4 Å². The van der Waals surface area contributed by atoms with Gasteiger partial charge in [0, 0.05) is 25.2 Å². The summed E-state index contributed by atoms with van der Waals surface area (Å²) in [6.45, 7) is 4.85. The van der Waals surface area contributed by atoms with Crippen LogP contribution in [0.4, 0.5) is 5.69 Å². The number of benzene rings is 1. The van der Waals surface area contributed by atoms with Crippen molar-refractivity contribution in [2.45, 2.75) is 25.5 Å². The lowest BCUT2D eigenvalue weighted by Crippen LogP contribution is -2.33. The molecule has 2 rings (SSSR count). The first-order valence-electron chi connectivity index (χ1n) is 7.62. The Morgan fingerprint density at radius 3 is 2.75 bits per heavy atom. The van der Waals surface area contributed by atoms with Crippen molar-refractivity contribution in [1.82, 2.24) is 4.90 Å². The van der Waals surface area contributed by atoms with Crippen molar-refractivity contribution in [3.8, 4) is 0 Å². The molecule has 2 amide bonds. The Hall–Kier alpha value is -2.35. The van der Waals surface area contributed by atoms with Crippen LogP contribution in [0.1, 0.15) is 30.6 Å². The summed E-state index contributed by atoms with van der Waals surface area (Å²) in [5.41, 5.74) is 0.485. The second kappa shape index (κ2) is 7.96. The number of carboxylic acid groups (broad SMARTS) is 1. The summed E-state index contributed by atoms with van der Waals surface area (Å²) in [7, 11) is 0. The third kappa shape index (κ3) is 4.14. The van der Waals surface area contributed by atoms with Gasteiger partial charge in [0.2, 0.25) is 11.8 Å². The Morgan fingerprint density at radius 2 is 2.12 bits per heavy atom. The van der Waals surface area contributed by atoms with Gasteiger partial charge in [0.05, 0.1) is 5.56 Å². The highest BCUT2D eigenvalue weighted by Crippen LogP contribution is 2.29. The fourth-order valence-electron chi connectivity index (χ4n) is 2.30. The largest absolute Gasteiger partial charge is 0.478 e. The molecule has 1 aromatic carbocycles. The molecule has 0 unspecified atom stereocenters. The van der Waals surface area contributed by atoms with Crippen LogP contribution in [-0.2, 0) is 9.59 Å². The van der Waals surface area contributed by atoms with Gasteiger partial charge in [-0.3, -0.25) is 19.5 Å². The Morgan fingerprint density at radius 1 is 1.38 bits per heavy atom. The number of carbonyl (C=O) groups is 3. The maximum Gasteiger partial charge on any atom is 0.335 e. The Balaban J connectivity index is 2.02. The first-order chi connectivity index (χ1) is 11.5. The van der Waals surface area contributed by atoms with Gasteiger partial charge in [-0.1, -0.05) is 17.8 Å². The molecule has 2 N–H and O–H groups in total. The number of thioether (sulfide) groups is 1. The summed E-state index contributed by atoms with van der Waals surface area (Å²) in [5, 5.41) is 11.7. The Bertz CT molecular complexity index is 690. The number of hydrogen-bond donors (Lipinski definition) is 2. The van der Waals surface area contributed by atoms with Gasteiger partial charge in [0.1, 0.15) is 5.25 Å². The van der Waals surface area contributed by atoms with Crippen LogP contribution in [0.25, 0.3) is 0 Å². The zero-order chi connectivity index (χ0) is 17.7. The minimum absolute atomic E-state index is 0.0139. The molecule has 1 aromatic rings. The SMILES string of the molecule is CCN=C1S[C@@H](CC(=O)Nc2cccc(C(=O)O)c2)C(=O)N1CC. The highest BCUT2D eigenvalue weighted by atomic mass is 32.2. The monoisotopic (exact) mass is 349 g/mol. The van der Waals surface area contributed by atoms with Gasteiger partial charge in [-0.15, -0.1) is 0 Å². The quantitative estimate of drug-likeness (QED) is 0.819. The van der Waals surface area contributed by atoms with Crippen LogP contribution in [0.2, 0.25) is 0 Å². The van der Waals surface area contributed by atoms with Crippen LogP contribution >= 0.6 is 11.8 Å². The highest BCUT2D eigenvalue weighted by molar-refractivity contribution is 8.15. The minimum Gasteiger partial charge on any atom is -0.478 e. The summed E-state index contributed by atoms with van der Waals surface area (Å²) < 4.78 is 0. The molecular weight excluding hydrogens is 330 g/mol. The standard InChI is InChI=1S/C16H19N3O4S/c1-3-17-16-19(4-2)14(21)12(24-16)9-13(20)18-11-7-5-6-10(8-11)15(22)23/h5-8,12H,3-4,9H2,1-2H3,(H,18,20)(H,22,23)/t12-/m0/s1. The van der Waals surface area contributed by atoms with Crippen LogP contribution in [-0.4, -0.2) is 51.3 Å². The molecule has 24 heavy (non-hydrogen) atoms. The van der Waals surface area contributed by atoms with E-state index in [0.29, 0.717) is 23.9 Å². The highest BCUT2D eigenvalue weighted by Gasteiger charge is 2.38. The number of anilines is 1. The van der Waals surface area contributed by atoms with Crippen molar-refractivity contribution in [1.29, 1.82) is 0 Å². The van der Waals surface area contributed by atoms with Gasteiger partial charge in [0.25, 0.3) is 0 Å². The summed E-state index contributed by atoms with van der Waals surface area (Å²) in [6.07, 6.45) is 0.0139. The van der Waals surface area contributed by atoms with Crippen molar-refractivity contribution in [3.05, 3.63) is 29.8 Å². The topological polar surface area (TPSA) is 99.1 Å². The lowest BCUT2D eigenvalue weighted by molar-refractivity contribution is -0.128. The normalized spacial score (nSPS) is 18.9. The molecule has 0 aliphatic carbocycles. The minimum atomic E-state index is -1.06. The fourth-order valence-corrected chi connectivity index (χ4v) is 3.56. The second-order valence-corrected chi connectivity index (χ2v) is 6.25. The summed E-state index contributed by atoms with van der Waals surface area (Å²) in [4.78, 5) is 41.3. The number of hydrogen-bond acceptors (Lipinski definition) is 5. The lowest BCUT2D eigenvalue weighted by atomic mass is 10.2. The van der Waals surface area contributed by atoms with Gasteiger partial charge in [-0.2, -0.15) is 0 Å². The van der Waals surface area contributed by atoms with Crippen molar-refractivity contribution in [2.24, 2.45) is 4.99 Å². The number of carboxylic acids is 1. The molecule has 1 heterocycles. The average Bonchev–Trinajstić information content (AvgIpc) is 2.83. The van der Waals surface area contributed by atoms with Gasteiger partial charge in [-0.05, 0) is 32.0 Å². The van der Waals surface area contributed by atoms with Gasteiger partial charge >= 0.3 is 5.97 Å². The van der Waals surface area contributed by atoms with Gasteiger partial charge in [0.15, 0.2) is 5.17 Å². The third-order valence-electron chi connectivity index (χ3n) is 3.39. The number of amidine groups is 1. The maximum atomic E-state index is 12.3. The number of aliphatic imine (C=N–C) groups is 1. The lowest BCUT2D eigenvalue weighted by Gasteiger charge is -2.13. The van der Waals surface area contributed by atoms with E-state index in [-0.39, 0.29) is 23.8 Å². The Labute approximate surface area is 144 Å². The van der Waals surface area contributed by atoms with Gasteiger partial charge < -0.3 is 10.4 Å². The predicted octanol–water partition coefficient (Wildman–Crippen LogP) is 2.05. The summed E-state index contributed by atoms with van der Waals surface area (Å²) in [5.74, 6) is -1.52. The van der Waals surface area contributed by atoms with Crippen molar-refractivity contribution < 1.29 is 19.5 Å². The molecule has 1 saturated heterocycles. The summed E-state index contributed by atoms with van der Waals surface area (Å²) in [6, 6.07) is 5.99. The number of amides is 2. The van der Waals surface area contributed by atoms with E-state index in [1.807, 2.05) is 13.8 Å². The first-order valence-corrected chi connectivity index (χ1v) is 8.49. The van der Waals surface area contributed by atoms with E-state index in [9.17, 15) is 14.4 Å². The molecule has 0 saturated carbocycles. The molecule has 0 spiro atoms. The van der Waals surface area contributed by atoms with E-state index in [0.717, 1.165) is 0 Å². The predicted molar refractivity (Wildman–Crippen MR) is 93.4 cm³/mol. The van der Waals surface area contributed by atoms with E-state index < -0.39 is 11.2 Å². The van der Waals surface area contributed by atoms with E-state index in [1.165, 1.54) is 23.9 Å². The van der Waals surface area contributed by atoms with E-state index in [2.05, 4.69) is 10.3 Å². The van der Waals surface area contributed by atoms with Crippen molar-refractivity contribution in [2.75, 3.05) is 18.4 Å². The van der Waals surface area contributed by atoms with Crippen LogP contribution < -0.4 is 5.32 Å². The number of nitrogens with one attached hydrogen (secondary N) is 1. The summed E-state index contributed by atoms with van der Waals surface area (Å²) >= 11 is 1.29. The number of aromatic carboxylic acids is 1. The third-order valence-corrected chi connectivity index (χ3v) is 4.61. The number of rotatable bonds is 6. The number of nitrogens with zero attached hydrogens (tertiary/aromatic N) is 2. The zero-order valence-electron chi connectivity index (χ0n) is 13.5. The maximum absolute atomic E-state index is 12.3. The second-order valence-electron chi connectivity index (χ2n) is 5.08. The Kier molecular flexibility index (Phi) is 5.97. The fraction of sp³-hybridized carbons (Fsp3) is 0.375.